The Kier molecular flexibility index (Phi) is 18.1. The lowest BCUT2D eigenvalue weighted by Crippen LogP contribution is -2.38. The largest absolute Gasteiger partial charge is 0.377 e. The van der Waals surface area contributed by atoms with Crippen molar-refractivity contribution in [3.8, 4) is 0 Å². The Morgan fingerprint density at radius 1 is 0.739 bits per heavy atom. The summed E-state index contributed by atoms with van der Waals surface area (Å²) in [5.74, 6) is 0. The molecule has 0 aliphatic rings. The van der Waals surface area contributed by atoms with Gasteiger partial charge in [-0.05, 0) is 25.8 Å². The molecule has 0 heterocycles. The van der Waals surface area contributed by atoms with Crippen molar-refractivity contribution in [1.82, 2.24) is 0 Å². The highest BCUT2D eigenvalue weighted by molar-refractivity contribution is 4.72. The van der Waals surface area contributed by atoms with Crippen molar-refractivity contribution in [2.75, 3.05) is 13.2 Å². The summed E-state index contributed by atoms with van der Waals surface area (Å²) < 4.78 is 5.92. The van der Waals surface area contributed by atoms with Crippen LogP contribution in [0.5, 0.6) is 0 Å². The number of nitrogens with two attached hydrogens (primary N) is 2. The van der Waals surface area contributed by atoms with Gasteiger partial charge in [-0.15, -0.1) is 0 Å². The Morgan fingerprint density at radius 2 is 1.22 bits per heavy atom. The molecule has 0 spiro atoms. The lowest BCUT2D eigenvalue weighted by molar-refractivity contribution is 0.0294. The van der Waals surface area contributed by atoms with Gasteiger partial charge in [-0.25, -0.2) is 0 Å². The van der Waals surface area contributed by atoms with Gasteiger partial charge in [0.05, 0.1) is 6.10 Å². The molecule has 0 amide bonds. The van der Waals surface area contributed by atoms with Crippen molar-refractivity contribution in [2.45, 2.75) is 116 Å². The molecule has 0 fully saturated rings. The lowest BCUT2D eigenvalue weighted by atomic mass is 10.1. The first kappa shape index (κ1) is 22.9. The fourth-order valence-electron chi connectivity index (χ4n) is 3.10. The molecule has 0 radical (unpaired) electrons. The summed E-state index contributed by atoms with van der Waals surface area (Å²) in [6.45, 7) is 5.93. The molecule has 0 saturated carbocycles. The van der Waals surface area contributed by atoms with Gasteiger partial charge in [0.15, 0.2) is 0 Å². The second-order valence-electron chi connectivity index (χ2n) is 6.95. The van der Waals surface area contributed by atoms with Crippen LogP contribution in [-0.2, 0) is 4.74 Å². The van der Waals surface area contributed by atoms with E-state index in [0.717, 1.165) is 19.4 Å². The minimum Gasteiger partial charge on any atom is -0.377 e. The van der Waals surface area contributed by atoms with E-state index in [4.69, 9.17) is 16.2 Å². The smallest absolute Gasteiger partial charge is 0.0723 e. The Hall–Kier alpha value is -0.120. The standard InChI is InChI=1S/C20H44N2O/c1-3-5-6-7-8-9-10-11-12-13-14-15-18-23-20(4-2)19(22)16-17-21/h19-20H,3-18,21-22H2,1-2H3. The maximum Gasteiger partial charge on any atom is 0.0723 e. The number of hydrogen-bond donors (Lipinski definition) is 2. The minimum atomic E-state index is 0.0994. The van der Waals surface area contributed by atoms with Crippen LogP contribution in [-0.4, -0.2) is 25.3 Å². The van der Waals surface area contributed by atoms with Gasteiger partial charge in [0.2, 0.25) is 0 Å². The number of unbranched alkanes of at least 4 members (excludes halogenated alkanes) is 11. The van der Waals surface area contributed by atoms with Crippen LogP contribution in [0, 0.1) is 0 Å². The molecule has 0 aliphatic heterocycles. The molecule has 0 aromatic rings. The van der Waals surface area contributed by atoms with E-state index >= 15 is 0 Å². The summed E-state index contributed by atoms with van der Waals surface area (Å²) in [5, 5.41) is 0. The molecule has 23 heavy (non-hydrogen) atoms. The summed E-state index contributed by atoms with van der Waals surface area (Å²) in [7, 11) is 0. The predicted octanol–water partition coefficient (Wildman–Crippen LogP) is 5.16. The van der Waals surface area contributed by atoms with Crippen molar-refractivity contribution >= 4 is 0 Å². The quantitative estimate of drug-likeness (QED) is 0.342. The van der Waals surface area contributed by atoms with Crippen LogP contribution in [0.4, 0.5) is 0 Å². The molecule has 2 atom stereocenters. The SMILES string of the molecule is CCCCCCCCCCCCCCOC(CC)C(N)CCN. The third-order valence-electron chi connectivity index (χ3n) is 4.71. The molecule has 0 aliphatic carbocycles. The van der Waals surface area contributed by atoms with E-state index in [9.17, 15) is 0 Å². The molecule has 3 heteroatoms. The van der Waals surface area contributed by atoms with Gasteiger partial charge in [-0.3, -0.25) is 0 Å². The number of ether oxygens (including phenoxy) is 1. The third kappa shape index (κ3) is 15.2. The van der Waals surface area contributed by atoms with Gasteiger partial charge < -0.3 is 16.2 Å². The first-order valence-electron chi connectivity index (χ1n) is 10.3. The van der Waals surface area contributed by atoms with Crippen LogP contribution in [0.25, 0.3) is 0 Å². The average molecular weight is 329 g/mol. The van der Waals surface area contributed by atoms with E-state index in [1.807, 2.05) is 0 Å². The van der Waals surface area contributed by atoms with Crippen molar-refractivity contribution < 1.29 is 4.74 Å². The first-order chi connectivity index (χ1) is 11.3. The molecule has 4 N–H and O–H groups in total. The molecule has 0 saturated heterocycles. The van der Waals surface area contributed by atoms with E-state index in [-0.39, 0.29) is 12.1 Å². The summed E-state index contributed by atoms with van der Waals surface area (Å²) >= 11 is 0. The molecule has 0 aromatic heterocycles. The third-order valence-corrected chi connectivity index (χ3v) is 4.71. The molecule has 3 nitrogen and oxygen atoms in total. The van der Waals surface area contributed by atoms with Crippen LogP contribution in [0.3, 0.4) is 0 Å². The zero-order valence-corrected chi connectivity index (χ0v) is 16.0. The van der Waals surface area contributed by atoms with Gasteiger partial charge in [-0.1, -0.05) is 84.5 Å². The summed E-state index contributed by atoms with van der Waals surface area (Å²) in [4.78, 5) is 0. The molecule has 2 unspecified atom stereocenters. The van der Waals surface area contributed by atoms with Crippen LogP contribution in [0.1, 0.15) is 104 Å². The molecule has 0 bridgehead atoms. The van der Waals surface area contributed by atoms with E-state index in [1.54, 1.807) is 0 Å². The molecular formula is C20H44N2O. The number of hydrogen-bond acceptors (Lipinski definition) is 3. The van der Waals surface area contributed by atoms with E-state index < -0.39 is 0 Å². The van der Waals surface area contributed by atoms with Crippen LogP contribution < -0.4 is 11.5 Å². The first-order valence-corrected chi connectivity index (χ1v) is 10.3. The Morgan fingerprint density at radius 3 is 1.65 bits per heavy atom. The normalized spacial score (nSPS) is 14.1. The van der Waals surface area contributed by atoms with Crippen molar-refractivity contribution in [3.63, 3.8) is 0 Å². The maximum atomic E-state index is 6.08. The van der Waals surface area contributed by atoms with Crippen LogP contribution in [0.15, 0.2) is 0 Å². The zero-order chi connectivity index (χ0) is 17.2. The Balaban J connectivity index is 3.26. The van der Waals surface area contributed by atoms with Crippen molar-refractivity contribution in [2.24, 2.45) is 11.5 Å². The van der Waals surface area contributed by atoms with Gasteiger partial charge in [0.1, 0.15) is 0 Å². The van der Waals surface area contributed by atoms with Crippen molar-refractivity contribution in [1.29, 1.82) is 0 Å². The van der Waals surface area contributed by atoms with E-state index in [1.165, 1.54) is 77.0 Å². The summed E-state index contributed by atoms with van der Waals surface area (Å²) in [6, 6.07) is 0.0994. The lowest BCUT2D eigenvalue weighted by Gasteiger charge is -2.22. The Bertz CT molecular complexity index is 224. The molecule has 140 valence electrons. The summed E-state index contributed by atoms with van der Waals surface area (Å²) in [5.41, 5.74) is 11.6. The minimum absolute atomic E-state index is 0.0994. The zero-order valence-electron chi connectivity index (χ0n) is 16.0. The predicted molar refractivity (Wildman–Crippen MR) is 103 cm³/mol. The molecule has 0 rings (SSSR count). The van der Waals surface area contributed by atoms with Gasteiger partial charge in [-0.2, -0.15) is 0 Å². The fraction of sp³-hybridized carbons (Fsp3) is 1.00. The van der Waals surface area contributed by atoms with E-state index in [0.29, 0.717) is 6.54 Å². The van der Waals surface area contributed by atoms with Gasteiger partial charge in [0.25, 0.3) is 0 Å². The topological polar surface area (TPSA) is 61.3 Å². The second kappa shape index (κ2) is 18.2. The maximum absolute atomic E-state index is 6.08. The number of rotatable bonds is 18. The highest BCUT2D eigenvalue weighted by Gasteiger charge is 2.15. The second-order valence-corrected chi connectivity index (χ2v) is 6.95. The van der Waals surface area contributed by atoms with Crippen molar-refractivity contribution in [3.05, 3.63) is 0 Å². The fourth-order valence-corrected chi connectivity index (χ4v) is 3.10. The van der Waals surface area contributed by atoms with E-state index in [2.05, 4.69) is 13.8 Å². The van der Waals surface area contributed by atoms with Crippen LogP contribution >= 0.6 is 0 Å². The van der Waals surface area contributed by atoms with Gasteiger partial charge in [0, 0.05) is 12.6 Å². The van der Waals surface area contributed by atoms with Gasteiger partial charge >= 0.3 is 0 Å². The molecular weight excluding hydrogens is 284 g/mol. The van der Waals surface area contributed by atoms with Crippen LogP contribution in [0.2, 0.25) is 0 Å². The average Bonchev–Trinajstić information content (AvgIpc) is 2.55. The summed E-state index contributed by atoms with van der Waals surface area (Å²) in [6.07, 6.45) is 18.6. The monoisotopic (exact) mass is 328 g/mol. The Labute approximate surface area is 145 Å². The highest BCUT2D eigenvalue weighted by atomic mass is 16.5. The molecule has 0 aromatic carbocycles. The highest BCUT2D eigenvalue weighted by Crippen LogP contribution is 2.12.